The van der Waals surface area contributed by atoms with E-state index in [9.17, 15) is 4.79 Å². The van der Waals surface area contributed by atoms with Gasteiger partial charge in [-0.05, 0) is 63.3 Å². The minimum absolute atomic E-state index is 0.0467. The van der Waals surface area contributed by atoms with Crippen LogP contribution in [-0.2, 0) is 9.53 Å². The molecule has 0 aliphatic heterocycles. The fourth-order valence-corrected chi connectivity index (χ4v) is 2.52. The molecule has 3 N–H and O–H groups in total. The highest BCUT2D eigenvalue weighted by Gasteiger charge is 2.22. The Kier molecular flexibility index (Phi) is 9.77. The Balaban J connectivity index is 1.85. The van der Waals surface area contributed by atoms with Crippen LogP contribution >= 0.6 is 0 Å². The molecule has 162 valence electrons. The van der Waals surface area contributed by atoms with Gasteiger partial charge in [-0.2, -0.15) is 0 Å². The van der Waals surface area contributed by atoms with Crippen molar-refractivity contribution in [3.05, 3.63) is 24.3 Å². The lowest BCUT2D eigenvalue weighted by Gasteiger charge is -2.14. The number of guanidine groups is 1. The second-order valence-electron chi connectivity index (χ2n) is 8.07. The Morgan fingerprint density at radius 2 is 1.90 bits per heavy atom. The minimum Gasteiger partial charge on any atom is -0.491 e. The van der Waals surface area contributed by atoms with Gasteiger partial charge < -0.3 is 25.4 Å². The lowest BCUT2D eigenvalue weighted by atomic mass is 10.2. The summed E-state index contributed by atoms with van der Waals surface area (Å²) in [6.45, 7) is 10.5. The van der Waals surface area contributed by atoms with Gasteiger partial charge in [-0.25, -0.2) is 4.99 Å². The summed E-state index contributed by atoms with van der Waals surface area (Å²) in [6, 6.07) is 8.04. The highest BCUT2D eigenvalue weighted by molar-refractivity contribution is 5.95. The second-order valence-corrected chi connectivity index (χ2v) is 8.07. The summed E-state index contributed by atoms with van der Waals surface area (Å²) in [5, 5.41) is 9.49. The molecule has 1 fully saturated rings. The molecule has 1 aromatic carbocycles. The molecular formula is C22H36N4O3. The molecule has 1 aliphatic carbocycles. The van der Waals surface area contributed by atoms with Crippen LogP contribution in [-0.4, -0.2) is 50.3 Å². The Hall–Kier alpha value is -2.28. The van der Waals surface area contributed by atoms with E-state index in [-0.39, 0.29) is 18.6 Å². The Bertz CT molecular complexity index is 640. The third-order valence-corrected chi connectivity index (χ3v) is 4.02. The lowest BCUT2D eigenvalue weighted by molar-refractivity contribution is -0.119. The molecule has 1 saturated carbocycles. The zero-order valence-electron chi connectivity index (χ0n) is 18.2. The van der Waals surface area contributed by atoms with E-state index in [4.69, 9.17) is 9.47 Å². The average molecular weight is 405 g/mol. The van der Waals surface area contributed by atoms with Crippen molar-refractivity contribution in [3.8, 4) is 5.75 Å². The van der Waals surface area contributed by atoms with Crippen LogP contribution in [0.5, 0.6) is 5.75 Å². The van der Waals surface area contributed by atoms with Crippen molar-refractivity contribution in [3.63, 3.8) is 0 Å². The number of nitrogens with one attached hydrogen (secondary N) is 3. The van der Waals surface area contributed by atoms with Gasteiger partial charge in [0.2, 0.25) is 5.91 Å². The zero-order valence-corrected chi connectivity index (χ0v) is 18.2. The predicted molar refractivity (Wildman–Crippen MR) is 118 cm³/mol. The van der Waals surface area contributed by atoms with Gasteiger partial charge in [-0.3, -0.25) is 4.79 Å². The number of anilines is 1. The first-order valence-corrected chi connectivity index (χ1v) is 10.6. The van der Waals surface area contributed by atoms with E-state index in [1.54, 1.807) is 0 Å². The number of aliphatic imine (C=N–C) groups is 1. The number of benzene rings is 1. The highest BCUT2D eigenvalue weighted by Crippen LogP contribution is 2.18. The molecule has 0 atom stereocenters. The molecule has 0 heterocycles. The molecular weight excluding hydrogens is 368 g/mol. The van der Waals surface area contributed by atoms with E-state index >= 15 is 0 Å². The van der Waals surface area contributed by atoms with Crippen LogP contribution in [0.3, 0.4) is 0 Å². The van der Waals surface area contributed by atoms with Crippen LogP contribution in [0.15, 0.2) is 29.3 Å². The fraction of sp³-hybridized carbons (Fsp3) is 0.636. The van der Waals surface area contributed by atoms with Gasteiger partial charge in [-0.1, -0.05) is 13.8 Å². The number of hydrogen-bond donors (Lipinski definition) is 3. The van der Waals surface area contributed by atoms with Gasteiger partial charge in [0.1, 0.15) is 12.3 Å². The average Bonchev–Trinajstić information content (AvgIpc) is 3.47. The summed E-state index contributed by atoms with van der Waals surface area (Å²) < 4.78 is 11.3. The number of rotatable bonds is 12. The second kappa shape index (κ2) is 12.3. The topological polar surface area (TPSA) is 84.0 Å². The van der Waals surface area contributed by atoms with E-state index in [0.29, 0.717) is 31.1 Å². The molecule has 0 aromatic heterocycles. The van der Waals surface area contributed by atoms with Crippen molar-refractivity contribution in [2.75, 3.05) is 31.6 Å². The quantitative estimate of drug-likeness (QED) is 0.283. The number of nitrogens with zero attached hydrogens (tertiary/aromatic N) is 1. The summed E-state index contributed by atoms with van der Waals surface area (Å²) in [5.41, 5.74) is 0.881. The number of amides is 1. The van der Waals surface area contributed by atoms with Gasteiger partial charge in [0.05, 0.1) is 6.10 Å². The number of hydrogen-bond acceptors (Lipinski definition) is 4. The Morgan fingerprint density at radius 1 is 1.17 bits per heavy atom. The third kappa shape index (κ3) is 10.7. The van der Waals surface area contributed by atoms with Crippen LogP contribution in [0.25, 0.3) is 0 Å². The first-order chi connectivity index (χ1) is 13.9. The fourth-order valence-electron chi connectivity index (χ4n) is 2.52. The van der Waals surface area contributed by atoms with Crippen molar-refractivity contribution in [2.45, 2.75) is 59.1 Å². The zero-order chi connectivity index (χ0) is 21.1. The van der Waals surface area contributed by atoms with Crippen molar-refractivity contribution in [1.29, 1.82) is 0 Å². The molecule has 0 radical (unpaired) electrons. The molecule has 0 saturated heterocycles. The van der Waals surface area contributed by atoms with E-state index in [0.717, 1.165) is 37.3 Å². The number of ether oxygens (including phenoxy) is 2. The number of carbonyl (C=O) groups excluding carboxylic acids is 1. The summed E-state index contributed by atoms with van der Waals surface area (Å²) in [5.74, 6) is 1.89. The summed E-state index contributed by atoms with van der Waals surface area (Å²) in [6.07, 6.45) is 3.14. The van der Waals surface area contributed by atoms with Gasteiger partial charge >= 0.3 is 0 Å². The molecule has 1 aliphatic rings. The van der Waals surface area contributed by atoms with E-state index in [2.05, 4.69) is 34.8 Å². The van der Waals surface area contributed by atoms with Gasteiger partial charge in [0.15, 0.2) is 5.96 Å². The highest BCUT2D eigenvalue weighted by atomic mass is 16.5. The van der Waals surface area contributed by atoms with E-state index in [1.807, 2.05) is 38.1 Å². The van der Waals surface area contributed by atoms with E-state index in [1.165, 1.54) is 0 Å². The molecule has 29 heavy (non-hydrogen) atoms. The minimum atomic E-state index is -0.0467. The van der Waals surface area contributed by atoms with Crippen LogP contribution in [0.4, 0.5) is 5.69 Å². The molecule has 0 unspecified atom stereocenters. The summed E-state index contributed by atoms with van der Waals surface area (Å²) >= 11 is 0. The third-order valence-electron chi connectivity index (χ3n) is 4.02. The standard InChI is InChI=1S/C22H36N4O3/c1-16(2)15-28-13-5-12-23-22(24-14-21(27)25-18-6-7-18)26-19-8-10-20(11-9-19)29-17(3)4/h8-11,16-18H,5-7,12-15H2,1-4H3,(H,25,27)(H2,23,24,26). The van der Waals surface area contributed by atoms with Crippen molar-refractivity contribution in [2.24, 2.45) is 10.9 Å². The summed E-state index contributed by atoms with van der Waals surface area (Å²) in [7, 11) is 0. The van der Waals surface area contributed by atoms with Crippen LogP contribution in [0, 0.1) is 5.92 Å². The van der Waals surface area contributed by atoms with Gasteiger partial charge in [-0.15, -0.1) is 0 Å². The van der Waals surface area contributed by atoms with Crippen LogP contribution < -0.4 is 20.7 Å². The molecule has 0 bridgehead atoms. The normalized spacial score (nSPS) is 14.2. The molecule has 2 rings (SSSR count). The molecule has 0 spiro atoms. The monoisotopic (exact) mass is 404 g/mol. The smallest absolute Gasteiger partial charge is 0.242 e. The Labute approximate surface area is 174 Å². The van der Waals surface area contributed by atoms with Crippen LogP contribution in [0.2, 0.25) is 0 Å². The van der Waals surface area contributed by atoms with E-state index < -0.39 is 0 Å². The first-order valence-electron chi connectivity index (χ1n) is 10.6. The first kappa shape index (κ1) is 23.0. The molecule has 7 nitrogen and oxygen atoms in total. The van der Waals surface area contributed by atoms with Gasteiger partial charge in [0.25, 0.3) is 0 Å². The molecule has 1 amide bonds. The molecule has 1 aromatic rings. The van der Waals surface area contributed by atoms with Crippen molar-refractivity contribution >= 4 is 17.6 Å². The predicted octanol–water partition coefficient (Wildman–Crippen LogP) is 3.17. The molecule has 7 heteroatoms. The number of carbonyl (C=O) groups is 1. The maximum Gasteiger partial charge on any atom is 0.242 e. The Morgan fingerprint density at radius 3 is 2.52 bits per heavy atom. The maximum absolute atomic E-state index is 12.0. The largest absolute Gasteiger partial charge is 0.491 e. The SMILES string of the molecule is CC(C)COCCCNC(=NCC(=O)NC1CC1)Nc1ccc(OC(C)C)cc1. The van der Waals surface area contributed by atoms with Gasteiger partial charge in [0, 0.05) is 31.5 Å². The van der Waals surface area contributed by atoms with Crippen molar-refractivity contribution in [1.82, 2.24) is 10.6 Å². The lowest BCUT2D eigenvalue weighted by Crippen LogP contribution is -2.34. The van der Waals surface area contributed by atoms with Crippen LogP contribution in [0.1, 0.15) is 47.0 Å². The summed E-state index contributed by atoms with van der Waals surface area (Å²) in [4.78, 5) is 16.4. The maximum atomic E-state index is 12.0. The van der Waals surface area contributed by atoms with Crippen molar-refractivity contribution < 1.29 is 14.3 Å².